The molecule has 0 aromatic rings. The van der Waals surface area contributed by atoms with Gasteiger partial charge < -0.3 is 45.1 Å². The van der Waals surface area contributed by atoms with E-state index < -0.39 is 89.5 Å². The van der Waals surface area contributed by atoms with Crippen molar-refractivity contribution in [2.75, 3.05) is 6.61 Å². The zero-order chi connectivity index (χ0) is 26.0. The van der Waals surface area contributed by atoms with Crippen LogP contribution < -0.4 is 5.32 Å². The van der Waals surface area contributed by atoms with Crippen molar-refractivity contribution < 1.29 is 66.5 Å². The minimum absolute atomic E-state index is 0.205. The van der Waals surface area contributed by atoms with Gasteiger partial charge in [-0.15, -0.1) is 0 Å². The van der Waals surface area contributed by atoms with Crippen molar-refractivity contribution in [1.82, 2.24) is 5.32 Å². The van der Waals surface area contributed by atoms with Gasteiger partial charge in [-0.05, 0) is 12.8 Å². The normalized spacial score (nSPS) is 38.3. The lowest BCUT2D eigenvalue weighted by Crippen LogP contribution is -2.72. The fourth-order valence-electron chi connectivity index (χ4n) is 4.21. The van der Waals surface area contributed by atoms with E-state index in [9.17, 15) is 43.5 Å². The molecule has 2 aliphatic rings. The van der Waals surface area contributed by atoms with E-state index in [-0.39, 0.29) is 12.8 Å². The minimum atomic E-state index is -4.91. The summed E-state index contributed by atoms with van der Waals surface area (Å²) in [6.07, 6.45) is -14.1. The fourth-order valence-corrected chi connectivity index (χ4v) is 4.51. The van der Waals surface area contributed by atoms with E-state index >= 15 is 0 Å². The summed E-state index contributed by atoms with van der Waals surface area (Å²) in [6, 6.07) is -1.12. The molecular formula is C18H31NO14S. The number of rotatable bonds is 9. The van der Waals surface area contributed by atoms with Crippen LogP contribution in [0, 0.1) is 0 Å². The van der Waals surface area contributed by atoms with Crippen LogP contribution in [0.2, 0.25) is 0 Å². The predicted octanol–water partition coefficient (Wildman–Crippen LogP) is -3.09. The van der Waals surface area contributed by atoms with Crippen LogP contribution in [0.1, 0.15) is 33.6 Å². The molecule has 0 spiro atoms. The average Bonchev–Trinajstić information content (AvgIpc) is 2.74. The number of carbonyl (C=O) groups excluding carboxylic acids is 1. The van der Waals surface area contributed by atoms with Gasteiger partial charge in [0, 0.05) is 6.92 Å². The zero-order valence-electron chi connectivity index (χ0n) is 18.7. The molecule has 16 heteroatoms. The molecule has 2 saturated heterocycles. The van der Waals surface area contributed by atoms with Crippen LogP contribution in [-0.2, 0) is 38.4 Å². The van der Waals surface area contributed by atoms with E-state index in [1.54, 1.807) is 13.8 Å². The molecule has 2 fully saturated rings. The Morgan fingerprint density at radius 1 is 1.03 bits per heavy atom. The first-order valence-corrected chi connectivity index (χ1v) is 11.9. The van der Waals surface area contributed by atoms with Crippen LogP contribution in [0.15, 0.2) is 0 Å². The third-order valence-electron chi connectivity index (χ3n) is 6.04. The summed E-state index contributed by atoms with van der Waals surface area (Å²) in [6.45, 7) is 3.70. The van der Waals surface area contributed by atoms with Crippen LogP contribution >= 0.6 is 0 Å². The molecule has 15 nitrogen and oxygen atoms in total. The van der Waals surface area contributed by atoms with Crippen LogP contribution in [0.3, 0.4) is 0 Å². The highest BCUT2D eigenvalue weighted by molar-refractivity contribution is 7.80. The van der Waals surface area contributed by atoms with Crippen LogP contribution in [-0.4, -0.2) is 118 Å². The van der Waals surface area contributed by atoms with Crippen molar-refractivity contribution in [2.24, 2.45) is 0 Å². The number of nitrogens with one attached hydrogen (secondary N) is 1. The molecule has 2 heterocycles. The Bertz CT molecular complexity index is 833. The molecule has 9 unspecified atom stereocenters. The summed E-state index contributed by atoms with van der Waals surface area (Å²) in [5.41, 5.74) is -1.27. The van der Waals surface area contributed by atoms with Gasteiger partial charge in [0.1, 0.15) is 36.6 Å². The zero-order valence-corrected chi connectivity index (χ0v) is 19.5. The van der Waals surface area contributed by atoms with Gasteiger partial charge in [0.2, 0.25) is 5.91 Å². The van der Waals surface area contributed by atoms with E-state index in [0.29, 0.717) is 0 Å². The highest BCUT2D eigenvalue weighted by atomic mass is 32.3. The fraction of sp³-hybridized carbons (Fsp3) is 0.889. The molecule has 0 bridgehead atoms. The number of amides is 1. The van der Waals surface area contributed by atoms with Gasteiger partial charge in [-0.25, -0.2) is 8.98 Å². The second-order valence-corrected chi connectivity index (χ2v) is 9.24. The molecule has 0 aromatic heterocycles. The number of aliphatic hydroxyl groups is 4. The van der Waals surface area contributed by atoms with Gasteiger partial charge in [0.25, 0.3) is 0 Å². The topological polar surface area (TPSA) is 239 Å². The van der Waals surface area contributed by atoms with E-state index in [4.69, 9.17) is 18.8 Å². The monoisotopic (exact) mass is 517 g/mol. The van der Waals surface area contributed by atoms with Gasteiger partial charge in [-0.3, -0.25) is 9.35 Å². The van der Waals surface area contributed by atoms with Crippen LogP contribution in [0.5, 0.6) is 0 Å². The molecule has 34 heavy (non-hydrogen) atoms. The molecule has 0 aromatic carbocycles. The van der Waals surface area contributed by atoms with Crippen LogP contribution in [0.25, 0.3) is 0 Å². The summed E-state index contributed by atoms with van der Waals surface area (Å²) in [5, 5.41) is 53.0. The average molecular weight is 518 g/mol. The number of ether oxygens (including phenoxy) is 3. The van der Waals surface area contributed by atoms with Gasteiger partial charge >= 0.3 is 16.4 Å². The van der Waals surface area contributed by atoms with E-state index in [1.165, 1.54) is 6.92 Å². The Labute approximate surface area is 195 Å². The number of hydrogen-bond donors (Lipinski definition) is 7. The molecular weight excluding hydrogens is 486 g/mol. The maximum atomic E-state index is 11.9. The lowest BCUT2D eigenvalue weighted by Gasteiger charge is -2.53. The first kappa shape index (κ1) is 28.8. The van der Waals surface area contributed by atoms with E-state index in [0.717, 1.165) is 0 Å². The molecule has 198 valence electrons. The molecule has 2 rings (SSSR count). The van der Waals surface area contributed by atoms with Gasteiger partial charge in [-0.1, -0.05) is 13.8 Å². The number of aliphatic carboxylic acids is 1. The number of hydrogen-bond acceptors (Lipinski definition) is 12. The highest BCUT2D eigenvalue weighted by Gasteiger charge is 2.56. The smallest absolute Gasteiger partial charge is 0.397 e. The Kier molecular flexibility index (Phi) is 9.36. The Morgan fingerprint density at radius 2 is 1.62 bits per heavy atom. The molecule has 0 radical (unpaired) electrons. The number of carbonyl (C=O) groups is 2. The van der Waals surface area contributed by atoms with E-state index in [1.807, 2.05) is 0 Å². The summed E-state index contributed by atoms with van der Waals surface area (Å²) < 4.78 is 52.0. The summed E-state index contributed by atoms with van der Waals surface area (Å²) in [4.78, 5) is 23.3. The number of carboxylic acid groups (broad SMARTS) is 1. The lowest BCUT2D eigenvalue weighted by atomic mass is 9.78. The van der Waals surface area contributed by atoms with Crippen molar-refractivity contribution in [3.63, 3.8) is 0 Å². The molecule has 7 N–H and O–H groups in total. The second-order valence-electron chi connectivity index (χ2n) is 8.15. The number of carboxylic acids is 1. The third kappa shape index (κ3) is 6.20. The standard InChI is InChI=1S/C18H31NO14S/c1-4-18(5-2)15(19-7(3)20)13(9(21)8(33-18)6-30-34(27,28)29)31-17-12(24)10(22)11(23)14(32-17)16(25)26/h8-15,17,21-24H,4-6H2,1-3H3,(H,19,20)(H,25,26)(H,27,28,29). The first-order chi connectivity index (χ1) is 15.7. The van der Waals surface area contributed by atoms with Gasteiger partial charge in [0.15, 0.2) is 12.4 Å². The summed E-state index contributed by atoms with van der Waals surface area (Å²) in [5.74, 6) is -2.22. The largest absolute Gasteiger partial charge is 0.479 e. The summed E-state index contributed by atoms with van der Waals surface area (Å²) in [7, 11) is -4.91. The molecule has 0 saturated carbocycles. The number of aliphatic hydroxyl groups excluding tert-OH is 4. The second kappa shape index (κ2) is 11.1. The maximum absolute atomic E-state index is 11.9. The quantitative estimate of drug-likeness (QED) is 0.150. The van der Waals surface area contributed by atoms with Crippen LogP contribution in [0.4, 0.5) is 0 Å². The Hall–Kier alpha value is -1.47. The lowest BCUT2D eigenvalue weighted by molar-refractivity contribution is -0.334. The Balaban J connectivity index is 2.45. The first-order valence-electron chi connectivity index (χ1n) is 10.5. The molecule has 1 amide bonds. The predicted molar refractivity (Wildman–Crippen MR) is 108 cm³/mol. The van der Waals surface area contributed by atoms with Gasteiger partial charge in [-0.2, -0.15) is 8.42 Å². The van der Waals surface area contributed by atoms with E-state index in [2.05, 4.69) is 9.50 Å². The van der Waals surface area contributed by atoms with Gasteiger partial charge in [0.05, 0.1) is 18.2 Å². The van der Waals surface area contributed by atoms with Crippen molar-refractivity contribution >= 4 is 22.3 Å². The maximum Gasteiger partial charge on any atom is 0.397 e. The van der Waals surface area contributed by atoms with Crippen molar-refractivity contribution in [2.45, 2.75) is 94.3 Å². The molecule has 2 aliphatic heterocycles. The highest BCUT2D eigenvalue weighted by Crippen LogP contribution is 2.38. The van der Waals surface area contributed by atoms with Crippen molar-refractivity contribution in [1.29, 1.82) is 0 Å². The summed E-state index contributed by atoms with van der Waals surface area (Å²) >= 11 is 0. The Morgan fingerprint density at radius 3 is 2.09 bits per heavy atom. The van der Waals surface area contributed by atoms with Crippen molar-refractivity contribution in [3.8, 4) is 0 Å². The minimum Gasteiger partial charge on any atom is -0.479 e. The SMILES string of the molecule is CCC1(CC)OC(COS(=O)(=O)O)C(O)C(OC2OC(C(=O)O)C(O)C(O)C2O)C1NC(C)=O. The molecule has 9 atom stereocenters. The third-order valence-corrected chi connectivity index (χ3v) is 6.47. The molecule has 0 aliphatic carbocycles. The van der Waals surface area contributed by atoms with Crippen molar-refractivity contribution in [3.05, 3.63) is 0 Å².